The Morgan fingerprint density at radius 3 is 2.28 bits per heavy atom. The van der Waals surface area contributed by atoms with Crippen molar-refractivity contribution in [3.63, 3.8) is 0 Å². The van der Waals surface area contributed by atoms with Crippen LogP contribution in [0.2, 0.25) is 0 Å². The minimum atomic E-state index is 0.664. The summed E-state index contributed by atoms with van der Waals surface area (Å²) >= 11 is 0. The van der Waals surface area contributed by atoms with Gasteiger partial charge in [-0.1, -0.05) is 40.0 Å². The second-order valence-corrected chi connectivity index (χ2v) is 6.55. The molecule has 2 heteroatoms. The van der Waals surface area contributed by atoms with Crippen LogP contribution in [-0.4, -0.2) is 36.1 Å². The molecule has 0 aromatic heterocycles. The Morgan fingerprint density at radius 1 is 1.06 bits per heavy atom. The van der Waals surface area contributed by atoms with Gasteiger partial charge in [0.1, 0.15) is 0 Å². The molecule has 0 saturated heterocycles. The normalized spacial score (nSPS) is 26.0. The van der Waals surface area contributed by atoms with E-state index in [1.165, 1.54) is 38.6 Å². The molecule has 1 fully saturated rings. The fourth-order valence-electron chi connectivity index (χ4n) is 3.34. The molecule has 1 aliphatic carbocycles. The average Bonchev–Trinajstić information content (AvgIpc) is 2.51. The van der Waals surface area contributed by atoms with Gasteiger partial charge in [0.2, 0.25) is 0 Å². The van der Waals surface area contributed by atoms with Gasteiger partial charge in [0.15, 0.2) is 0 Å². The van der Waals surface area contributed by atoms with Crippen LogP contribution in [0.15, 0.2) is 0 Å². The number of hydrogen-bond acceptors (Lipinski definition) is 2. The molecule has 0 spiro atoms. The smallest absolute Gasteiger partial charge is 0.0252 e. The van der Waals surface area contributed by atoms with Gasteiger partial charge in [-0.05, 0) is 39.2 Å². The first kappa shape index (κ1) is 16.0. The highest BCUT2D eigenvalue weighted by molar-refractivity contribution is 4.88. The van der Waals surface area contributed by atoms with Crippen LogP contribution < -0.4 is 5.32 Å². The van der Waals surface area contributed by atoms with Crippen molar-refractivity contribution in [2.75, 3.05) is 13.1 Å². The lowest BCUT2D eigenvalue weighted by atomic mass is 9.98. The van der Waals surface area contributed by atoms with Crippen LogP contribution in [0.5, 0.6) is 0 Å². The molecule has 1 saturated carbocycles. The molecule has 2 nitrogen and oxygen atoms in total. The average molecular weight is 254 g/mol. The summed E-state index contributed by atoms with van der Waals surface area (Å²) < 4.78 is 0. The van der Waals surface area contributed by atoms with Crippen molar-refractivity contribution < 1.29 is 0 Å². The first-order valence-electron chi connectivity index (χ1n) is 8.05. The van der Waals surface area contributed by atoms with E-state index in [1.807, 2.05) is 0 Å². The van der Waals surface area contributed by atoms with Gasteiger partial charge in [0, 0.05) is 24.7 Å². The largest absolute Gasteiger partial charge is 0.313 e. The zero-order chi connectivity index (χ0) is 13.5. The molecule has 1 N–H and O–H groups in total. The van der Waals surface area contributed by atoms with Gasteiger partial charge in [-0.3, -0.25) is 4.90 Å². The van der Waals surface area contributed by atoms with Crippen LogP contribution in [0.1, 0.15) is 66.7 Å². The van der Waals surface area contributed by atoms with Crippen molar-refractivity contribution in [1.82, 2.24) is 10.2 Å². The van der Waals surface area contributed by atoms with E-state index >= 15 is 0 Å². The Bertz CT molecular complexity index is 213. The summed E-state index contributed by atoms with van der Waals surface area (Å²) in [7, 11) is 0. The van der Waals surface area contributed by atoms with E-state index < -0.39 is 0 Å². The summed E-state index contributed by atoms with van der Waals surface area (Å²) in [4.78, 5) is 2.75. The number of nitrogens with zero attached hydrogens (tertiary/aromatic N) is 1. The molecular formula is C16H34N2. The van der Waals surface area contributed by atoms with Crippen LogP contribution in [0.3, 0.4) is 0 Å². The molecule has 0 amide bonds. The lowest BCUT2D eigenvalue weighted by Gasteiger charge is -2.40. The Labute approximate surface area is 115 Å². The number of likely N-dealkylation sites (N-methyl/N-ethyl adjacent to an activating group) is 1. The maximum absolute atomic E-state index is 3.74. The number of hydrogen-bond donors (Lipinski definition) is 1. The van der Waals surface area contributed by atoms with Crippen molar-refractivity contribution in [2.45, 2.75) is 84.8 Å². The predicted molar refractivity (Wildman–Crippen MR) is 81.0 cm³/mol. The number of rotatable bonds is 6. The summed E-state index contributed by atoms with van der Waals surface area (Å²) in [6, 6.07) is 2.12. The molecule has 0 heterocycles. The molecule has 108 valence electrons. The second-order valence-electron chi connectivity index (χ2n) is 6.55. The third-order valence-electron chi connectivity index (χ3n) is 4.11. The highest BCUT2D eigenvalue weighted by Crippen LogP contribution is 2.25. The number of nitrogens with one attached hydrogen (secondary N) is 1. The maximum Gasteiger partial charge on any atom is 0.0252 e. The standard InChI is InChI=1S/C16H34N2/c1-6-17-15-10-8-7-9-11-16(15)18(14(4)5)12-13(2)3/h13-17H,6-12H2,1-5H3. The van der Waals surface area contributed by atoms with E-state index in [0.29, 0.717) is 12.1 Å². The lowest BCUT2D eigenvalue weighted by molar-refractivity contribution is 0.0999. The third kappa shape index (κ3) is 4.89. The van der Waals surface area contributed by atoms with Crippen molar-refractivity contribution >= 4 is 0 Å². The van der Waals surface area contributed by atoms with Gasteiger partial charge in [0.05, 0.1) is 0 Å². The van der Waals surface area contributed by atoms with Crippen LogP contribution >= 0.6 is 0 Å². The minimum Gasteiger partial charge on any atom is -0.313 e. The molecule has 18 heavy (non-hydrogen) atoms. The summed E-state index contributed by atoms with van der Waals surface area (Å²) in [5.74, 6) is 0.762. The van der Waals surface area contributed by atoms with E-state index in [0.717, 1.165) is 18.5 Å². The third-order valence-corrected chi connectivity index (χ3v) is 4.11. The van der Waals surface area contributed by atoms with E-state index in [4.69, 9.17) is 0 Å². The van der Waals surface area contributed by atoms with Crippen LogP contribution in [0, 0.1) is 5.92 Å². The Kier molecular flexibility index (Phi) is 7.25. The van der Waals surface area contributed by atoms with Gasteiger partial charge in [-0.2, -0.15) is 0 Å². The maximum atomic E-state index is 3.74. The van der Waals surface area contributed by atoms with E-state index in [9.17, 15) is 0 Å². The fraction of sp³-hybridized carbons (Fsp3) is 1.00. The van der Waals surface area contributed by atoms with Crippen molar-refractivity contribution in [3.8, 4) is 0 Å². The fourth-order valence-corrected chi connectivity index (χ4v) is 3.34. The molecule has 1 aliphatic rings. The van der Waals surface area contributed by atoms with E-state index in [1.54, 1.807) is 0 Å². The van der Waals surface area contributed by atoms with Gasteiger partial charge in [-0.25, -0.2) is 0 Å². The predicted octanol–water partition coefficient (Wildman–Crippen LogP) is 3.66. The molecule has 2 atom stereocenters. The van der Waals surface area contributed by atoms with Gasteiger partial charge in [0.25, 0.3) is 0 Å². The van der Waals surface area contributed by atoms with E-state index in [2.05, 4.69) is 44.8 Å². The first-order chi connectivity index (χ1) is 8.56. The molecule has 0 radical (unpaired) electrons. The first-order valence-corrected chi connectivity index (χ1v) is 8.05. The van der Waals surface area contributed by atoms with Crippen LogP contribution in [-0.2, 0) is 0 Å². The molecule has 0 aliphatic heterocycles. The van der Waals surface area contributed by atoms with Crippen molar-refractivity contribution in [2.24, 2.45) is 5.92 Å². The van der Waals surface area contributed by atoms with Crippen molar-refractivity contribution in [1.29, 1.82) is 0 Å². The van der Waals surface area contributed by atoms with Crippen LogP contribution in [0.4, 0.5) is 0 Å². The molecular weight excluding hydrogens is 220 g/mol. The molecule has 1 rings (SSSR count). The molecule has 0 aromatic rings. The molecule has 2 unspecified atom stereocenters. The lowest BCUT2D eigenvalue weighted by Crippen LogP contribution is -2.53. The quantitative estimate of drug-likeness (QED) is 0.728. The van der Waals surface area contributed by atoms with Crippen molar-refractivity contribution in [3.05, 3.63) is 0 Å². The highest BCUT2D eigenvalue weighted by Gasteiger charge is 2.29. The Hall–Kier alpha value is -0.0800. The second kappa shape index (κ2) is 8.16. The minimum absolute atomic E-state index is 0.664. The van der Waals surface area contributed by atoms with Gasteiger partial charge in [-0.15, -0.1) is 0 Å². The SMILES string of the molecule is CCNC1CCCCCC1N(CC(C)C)C(C)C. The zero-order valence-electron chi connectivity index (χ0n) is 13.2. The summed E-state index contributed by atoms with van der Waals surface area (Å²) in [5, 5.41) is 3.74. The van der Waals surface area contributed by atoms with E-state index in [-0.39, 0.29) is 0 Å². The Morgan fingerprint density at radius 2 is 1.72 bits per heavy atom. The topological polar surface area (TPSA) is 15.3 Å². The summed E-state index contributed by atoms with van der Waals surface area (Å²) in [6.07, 6.45) is 6.98. The zero-order valence-corrected chi connectivity index (χ0v) is 13.2. The van der Waals surface area contributed by atoms with Crippen LogP contribution in [0.25, 0.3) is 0 Å². The Balaban J connectivity index is 2.75. The van der Waals surface area contributed by atoms with Gasteiger partial charge < -0.3 is 5.32 Å². The summed E-state index contributed by atoms with van der Waals surface area (Å²) in [6.45, 7) is 14.0. The monoisotopic (exact) mass is 254 g/mol. The molecule has 0 aromatic carbocycles. The molecule has 0 bridgehead atoms. The van der Waals surface area contributed by atoms with Gasteiger partial charge >= 0.3 is 0 Å². The summed E-state index contributed by atoms with van der Waals surface area (Å²) in [5.41, 5.74) is 0. The highest BCUT2D eigenvalue weighted by atomic mass is 15.2.